The number of nitrogens with one attached hydrogen (secondary N) is 1. The number of ketones is 1. The first-order valence-electron chi connectivity index (χ1n) is 7.40. The van der Waals surface area contributed by atoms with E-state index < -0.39 is 0 Å². The second-order valence-corrected chi connectivity index (χ2v) is 6.29. The van der Waals surface area contributed by atoms with Crippen LogP contribution in [0.15, 0.2) is 48.5 Å². The number of benzene rings is 2. The molecule has 0 aliphatic carbocycles. The van der Waals surface area contributed by atoms with Crippen molar-refractivity contribution in [3.05, 3.63) is 57.7 Å². The van der Waals surface area contributed by atoms with Crippen LogP contribution in [-0.2, 0) is 4.79 Å². The van der Waals surface area contributed by atoms with E-state index >= 15 is 0 Å². The molecule has 0 aliphatic rings. The van der Waals surface area contributed by atoms with Gasteiger partial charge in [0.1, 0.15) is 5.75 Å². The summed E-state index contributed by atoms with van der Waals surface area (Å²) in [6.07, 6.45) is 1.29. The fourth-order valence-corrected chi connectivity index (χ4v) is 2.31. The molecule has 2 aromatic carbocycles. The summed E-state index contributed by atoms with van der Waals surface area (Å²) in [5.74, 6) is 0.547. The molecule has 0 aromatic heterocycles. The van der Waals surface area contributed by atoms with Crippen LogP contribution in [0.2, 0.25) is 0 Å². The van der Waals surface area contributed by atoms with Gasteiger partial charge in [-0.3, -0.25) is 9.59 Å². The summed E-state index contributed by atoms with van der Waals surface area (Å²) >= 11 is 2.21. The van der Waals surface area contributed by atoms with Gasteiger partial charge in [-0.15, -0.1) is 0 Å². The van der Waals surface area contributed by atoms with Gasteiger partial charge in [-0.25, -0.2) is 0 Å². The number of amides is 1. The van der Waals surface area contributed by atoms with Gasteiger partial charge in [0.05, 0.1) is 0 Å². The quantitative estimate of drug-likeness (QED) is 0.534. The second kappa shape index (κ2) is 8.67. The van der Waals surface area contributed by atoms with E-state index in [0.29, 0.717) is 23.4 Å². The predicted molar refractivity (Wildman–Crippen MR) is 99.0 cm³/mol. The summed E-state index contributed by atoms with van der Waals surface area (Å²) in [6, 6.07) is 14.4. The van der Waals surface area contributed by atoms with Gasteiger partial charge in [0.25, 0.3) is 0 Å². The van der Waals surface area contributed by atoms with Gasteiger partial charge < -0.3 is 10.1 Å². The van der Waals surface area contributed by atoms with Crippen molar-refractivity contribution in [1.82, 2.24) is 0 Å². The van der Waals surface area contributed by atoms with E-state index in [1.54, 1.807) is 24.3 Å². The van der Waals surface area contributed by atoms with Crippen LogP contribution in [-0.4, -0.2) is 18.3 Å². The third kappa shape index (κ3) is 5.67. The van der Waals surface area contributed by atoms with Crippen LogP contribution in [0.5, 0.6) is 5.75 Å². The molecule has 2 aromatic rings. The molecule has 0 bridgehead atoms. The molecule has 0 radical (unpaired) electrons. The normalized spacial score (nSPS) is 10.2. The van der Waals surface area contributed by atoms with E-state index in [1.165, 1.54) is 0 Å². The van der Waals surface area contributed by atoms with Crippen LogP contribution in [0.1, 0.15) is 30.1 Å². The molecular weight excluding hydrogens is 405 g/mol. The van der Waals surface area contributed by atoms with Gasteiger partial charge in [-0.05, 0) is 77.5 Å². The Morgan fingerprint density at radius 1 is 1.04 bits per heavy atom. The first-order valence-corrected chi connectivity index (χ1v) is 8.48. The van der Waals surface area contributed by atoms with E-state index in [0.717, 1.165) is 9.99 Å². The summed E-state index contributed by atoms with van der Waals surface area (Å²) < 4.78 is 6.59. The average Bonchev–Trinajstić information content (AvgIpc) is 2.55. The maximum atomic E-state index is 12.1. The van der Waals surface area contributed by atoms with Crippen LogP contribution in [0.25, 0.3) is 0 Å². The number of Topliss-reactive ketones (excluding diaryl/α,β-unsaturated/α-hetero) is 1. The number of hydrogen-bond donors (Lipinski definition) is 1. The topological polar surface area (TPSA) is 55.4 Å². The molecule has 0 heterocycles. The van der Waals surface area contributed by atoms with Crippen molar-refractivity contribution in [1.29, 1.82) is 0 Å². The first kappa shape index (κ1) is 17.5. The third-order valence-corrected chi connectivity index (χ3v) is 3.87. The summed E-state index contributed by atoms with van der Waals surface area (Å²) in [7, 11) is 0. The number of hydrogen-bond acceptors (Lipinski definition) is 3. The SMILES string of the molecule is CCCC(=O)Nc1ccc(C(=O)COc2ccc(I)cc2)cc1. The highest BCUT2D eigenvalue weighted by Gasteiger charge is 2.08. The lowest BCUT2D eigenvalue weighted by molar-refractivity contribution is -0.116. The highest BCUT2D eigenvalue weighted by Crippen LogP contribution is 2.15. The monoisotopic (exact) mass is 423 g/mol. The van der Waals surface area contributed by atoms with Crippen molar-refractivity contribution >= 4 is 40.0 Å². The van der Waals surface area contributed by atoms with Crippen molar-refractivity contribution in [2.45, 2.75) is 19.8 Å². The molecule has 0 unspecified atom stereocenters. The Hall–Kier alpha value is -1.89. The van der Waals surface area contributed by atoms with Crippen molar-refractivity contribution < 1.29 is 14.3 Å². The number of anilines is 1. The Labute approximate surface area is 149 Å². The van der Waals surface area contributed by atoms with Gasteiger partial charge in [0.2, 0.25) is 5.91 Å². The van der Waals surface area contributed by atoms with Crippen molar-refractivity contribution in [3.8, 4) is 5.75 Å². The molecule has 0 saturated carbocycles. The Kier molecular flexibility index (Phi) is 6.58. The third-order valence-electron chi connectivity index (χ3n) is 3.15. The minimum Gasteiger partial charge on any atom is -0.485 e. The standard InChI is InChI=1S/C18H18INO3/c1-2-3-18(22)20-15-8-4-13(5-9-15)17(21)12-23-16-10-6-14(19)7-11-16/h4-11H,2-3,12H2,1H3,(H,20,22). The molecule has 1 N–H and O–H groups in total. The van der Waals surface area contributed by atoms with E-state index in [2.05, 4.69) is 27.9 Å². The van der Waals surface area contributed by atoms with Crippen LogP contribution < -0.4 is 10.1 Å². The summed E-state index contributed by atoms with van der Waals surface area (Å²) in [5.41, 5.74) is 1.25. The van der Waals surface area contributed by atoms with Crippen LogP contribution in [0.4, 0.5) is 5.69 Å². The van der Waals surface area contributed by atoms with E-state index in [-0.39, 0.29) is 18.3 Å². The molecule has 2 rings (SSSR count). The van der Waals surface area contributed by atoms with E-state index in [9.17, 15) is 9.59 Å². The molecule has 5 heteroatoms. The lowest BCUT2D eigenvalue weighted by Gasteiger charge is -2.07. The molecule has 0 aliphatic heterocycles. The number of carbonyl (C=O) groups excluding carboxylic acids is 2. The average molecular weight is 423 g/mol. The summed E-state index contributed by atoms with van der Waals surface area (Å²) in [4.78, 5) is 23.6. The fraction of sp³-hybridized carbons (Fsp3) is 0.222. The lowest BCUT2D eigenvalue weighted by Crippen LogP contribution is -2.13. The summed E-state index contributed by atoms with van der Waals surface area (Å²) in [5, 5.41) is 2.79. The first-order chi connectivity index (χ1) is 11.1. The molecule has 1 amide bonds. The van der Waals surface area contributed by atoms with Gasteiger partial charge in [0.15, 0.2) is 12.4 Å². The molecular formula is C18H18INO3. The maximum absolute atomic E-state index is 12.1. The summed E-state index contributed by atoms with van der Waals surface area (Å²) in [6.45, 7) is 1.94. The molecule has 0 saturated heterocycles. The number of ether oxygens (including phenoxy) is 1. The maximum Gasteiger partial charge on any atom is 0.224 e. The van der Waals surface area contributed by atoms with Crippen molar-refractivity contribution in [3.63, 3.8) is 0 Å². The molecule has 4 nitrogen and oxygen atoms in total. The predicted octanol–water partition coefficient (Wildman–Crippen LogP) is 4.29. The van der Waals surface area contributed by atoms with Gasteiger partial charge in [0, 0.05) is 21.2 Å². The van der Waals surface area contributed by atoms with Crippen molar-refractivity contribution in [2.75, 3.05) is 11.9 Å². The highest BCUT2D eigenvalue weighted by atomic mass is 127. The second-order valence-electron chi connectivity index (χ2n) is 5.04. The van der Waals surface area contributed by atoms with Crippen LogP contribution in [0, 0.1) is 3.57 Å². The fourth-order valence-electron chi connectivity index (χ4n) is 1.95. The van der Waals surface area contributed by atoms with Crippen LogP contribution in [0.3, 0.4) is 0 Å². The minimum atomic E-state index is -0.102. The zero-order valence-corrected chi connectivity index (χ0v) is 15.0. The van der Waals surface area contributed by atoms with E-state index in [1.807, 2.05) is 31.2 Å². The van der Waals surface area contributed by atoms with E-state index in [4.69, 9.17) is 4.74 Å². The lowest BCUT2D eigenvalue weighted by atomic mass is 10.1. The van der Waals surface area contributed by atoms with Crippen LogP contribution >= 0.6 is 22.6 Å². The van der Waals surface area contributed by atoms with Gasteiger partial charge in [-0.2, -0.15) is 0 Å². The van der Waals surface area contributed by atoms with Gasteiger partial charge >= 0.3 is 0 Å². The molecule has 23 heavy (non-hydrogen) atoms. The minimum absolute atomic E-state index is 0.0118. The Morgan fingerprint density at radius 2 is 1.70 bits per heavy atom. The Morgan fingerprint density at radius 3 is 2.30 bits per heavy atom. The molecule has 120 valence electrons. The molecule has 0 atom stereocenters. The number of rotatable bonds is 7. The Balaban J connectivity index is 1.89. The number of carbonyl (C=O) groups is 2. The Bertz CT molecular complexity index is 666. The number of halogens is 1. The zero-order valence-electron chi connectivity index (χ0n) is 12.8. The smallest absolute Gasteiger partial charge is 0.224 e. The molecule has 0 fully saturated rings. The highest BCUT2D eigenvalue weighted by molar-refractivity contribution is 14.1. The zero-order chi connectivity index (χ0) is 16.7. The molecule has 0 spiro atoms. The van der Waals surface area contributed by atoms with Gasteiger partial charge in [-0.1, -0.05) is 6.92 Å². The van der Waals surface area contributed by atoms with Crippen molar-refractivity contribution in [2.24, 2.45) is 0 Å². The largest absolute Gasteiger partial charge is 0.485 e.